The van der Waals surface area contributed by atoms with E-state index in [1.54, 1.807) is 0 Å². The SMILES string of the molecule is Cc1cc(CNCC2(N)CCC2)c(C)s1. The van der Waals surface area contributed by atoms with Gasteiger partial charge in [0, 0.05) is 28.4 Å². The quantitative estimate of drug-likeness (QED) is 0.824. The normalized spacial score (nSPS) is 18.9. The predicted molar refractivity (Wildman–Crippen MR) is 66.3 cm³/mol. The first-order valence-corrected chi connectivity index (χ1v) is 6.46. The monoisotopic (exact) mass is 224 g/mol. The van der Waals surface area contributed by atoms with E-state index in [4.69, 9.17) is 5.73 Å². The first-order chi connectivity index (χ1) is 7.09. The lowest BCUT2D eigenvalue weighted by atomic mass is 9.78. The summed E-state index contributed by atoms with van der Waals surface area (Å²) in [5, 5.41) is 3.48. The number of nitrogens with two attached hydrogens (primary N) is 1. The Kier molecular flexibility index (Phi) is 3.14. The maximum Gasteiger partial charge on any atom is 0.0281 e. The van der Waals surface area contributed by atoms with Crippen LogP contribution in [0.25, 0.3) is 0 Å². The zero-order valence-corrected chi connectivity index (χ0v) is 10.4. The number of aryl methyl sites for hydroxylation is 2. The highest BCUT2D eigenvalue weighted by atomic mass is 32.1. The van der Waals surface area contributed by atoms with Crippen molar-refractivity contribution in [2.45, 2.75) is 45.2 Å². The van der Waals surface area contributed by atoms with Gasteiger partial charge in [0.05, 0.1) is 0 Å². The summed E-state index contributed by atoms with van der Waals surface area (Å²) in [5.41, 5.74) is 7.68. The zero-order chi connectivity index (χ0) is 10.9. The molecule has 0 saturated heterocycles. The molecule has 0 radical (unpaired) electrons. The summed E-state index contributed by atoms with van der Waals surface area (Å²) in [5.74, 6) is 0. The Bertz CT molecular complexity index is 339. The molecule has 1 saturated carbocycles. The van der Waals surface area contributed by atoms with Crippen LogP contribution in [-0.2, 0) is 6.54 Å². The summed E-state index contributed by atoms with van der Waals surface area (Å²) in [6.45, 7) is 6.28. The molecule has 2 rings (SSSR count). The molecule has 0 aromatic carbocycles. The fourth-order valence-corrected chi connectivity index (χ4v) is 3.06. The molecule has 15 heavy (non-hydrogen) atoms. The van der Waals surface area contributed by atoms with E-state index in [1.807, 2.05) is 11.3 Å². The summed E-state index contributed by atoms with van der Waals surface area (Å²) < 4.78 is 0. The maximum absolute atomic E-state index is 6.15. The topological polar surface area (TPSA) is 38.0 Å². The highest BCUT2D eigenvalue weighted by Crippen LogP contribution is 2.28. The van der Waals surface area contributed by atoms with Crippen LogP contribution in [0.15, 0.2) is 6.07 Å². The van der Waals surface area contributed by atoms with E-state index in [2.05, 4.69) is 25.2 Å². The lowest BCUT2D eigenvalue weighted by Gasteiger charge is -2.38. The zero-order valence-electron chi connectivity index (χ0n) is 9.60. The van der Waals surface area contributed by atoms with E-state index < -0.39 is 0 Å². The van der Waals surface area contributed by atoms with Crippen LogP contribution >= 0.6 is 11.3 Å². The van der Waals surface area contributed by atoms with Crippen molar-refractivity contribution in [3.8, 4) is 0 Å². The Morgan fingerprint density at radius 3 is 2.67 bits per heavy atom. The lowest BCUT2D eigenvalue weighted by Crippen LogP contribution is -2.53. The fourth-order valence-electron chi connectivity index (χ4n) is 2.11. The van der Waals surface area contributed by atoms with Crippen molar-refractivity contribution in [1.82, 2.24) is 5.32 Å². The number of hydrogen-bond donors (Lipinski definition) is 2. The standard InChI is InChI=1S/C12H20N2S/c1-9-6-11(10(2)15-9)7-14-8-12(13)4-3-5-12/h6,14H,3-5,7-8,13H2,1-2H3. The molecule has 1 aromatic heterocycles. The van der Waals surface area contributed by atoms with Crippen molar-refractivity contribution >= 4 is 11.3 Å². The van der Waals surface area contributed by atoms with Crippen LogP contribution in [0, 0.1) is 13.8 Å². The molecule has 1 fully saturated rings. The van der Waals surface area contributed by atoms with Gasteiger partial charge >= 0.3 is 0 Å². The fraction of sp³-hybridized carbons (Fsp3) is 0.667. The summed E-state index contributed by atoms with van der Waals surface area (Å²) in [7, 11) is 0. The van der Waals surface area contributed by atoms with Gasteiger partial charge in [0.25, 0.3) is 0 Å². The van der Waals surface area contributed by atoms with Gasteiger partial charge in [-0.1, -0.05) is 0 Å². The molecule has 3 N–H and O–H groups in total. The van der Waals surface area contributed by atoms with Gasteiger partial charge in [-0.25, -0.2) is 0 Å². The Labute approximate surface area is 95.9 Å². The Morgan fingerprint density at radius 1 is 1.47 bits per heavy atom. The smallest absolute Gasteiger partial charge is 0.0281 e. The molecule has 0 bridgehead atoms. The average Bonchev–Trinajstić information content (AvgIpc) is 2.42. The first-order valence-electron chi connectivity index (χ1n) is 5.65. The van der Waals surface area contributed by atoms with Crippen LogP contribution in [0.3, 0.4) is 0 Å². The molecular weight excluding hydrogens is 204 g/mol. The van der Waals surface area contributed by atoms with Crippen molar-refractivity contribution < 1.29 is 0 Å². The van der Waals surface area contributed by atoms with E-state index in [9.17, 15) is 0 Å². The third kappa shape index (κ3) is 2.60. The molecule has 0 atom stereocenters. The van der Waals surface area contributed by atoms with E-state index in [1.165, 1.54) is 34.6 Å². The average molecular weight is 224 g/mol. The highest BCUT2D eigenvalue weighted by Gasteiger charge is 2.31. The number of rotatable bonds is 4. The molecule has 1 aliphatic rings. The van der Waals surface area contributed by atoms with Gasteiger partial charge in [0.15, 0.2) is 0 Å². The number of hydrogen-bond acceptors (Lipinski definition) is 3. The van der Waals surface area contributed by atoms with Gasteiger partial charge in [0.1, 0.15) is 0 Å². The van der Waals surface area contributed by atoms with Crippen molar-refractivity contribution in [3.05, 3.63) is 21.4 Å². The number of thiophene rings is 1. The predicted octanol–water partition coefficient (Wildman–Crippen LogP) is 2.34. The Balaban J connectivity index is 1.80. The largest absolute Gasteiger partial charge is 0.324 e. The molecule has 0 spiro atoms. The van der Waals surface area contributed by atoms with Gasteiger partial charge in [0.2, 0.25) is 0 Å². The van der Waals surface area contributed by atoms with Crippen LogP contribution < -0.4 is 11.1 Å². The van der Waals surface area contributed by atoms with E-state index in [0.29, 0.717) is 0 Å². The van der Waals surface area contributed by atoms with Crippen LogP contribution in [0.5, 0.6) is 0 Å². The Hall–Kier alpha value is -0.380. The molecule has 3 heteroatoms. The second kappa shape index (κ2) is 4.24. The minimum Gasteiger partial charge on any atom is -0.324 e. The summed E-state index contributed by atoms with van der Waals surface area (Å²) in [6.07, 6.45) is 3.66. The van der Waals surface area contributed by atoms with E-state index >= 15 is 0 Å². The summed E-state index contributed by atoms with van der Waals surface area (Å²) in [6, 6.07) is 2.27. The van der Waals surface area contributed by atoms with Crippen molar-refractivity contribution in [3.63, 3.8) is 0 Å². The molecule has 2 nitrogen and oxygen atoms in total. The molecule has 1 aromatic rings. The van der Waals surface area contributed by atoms with Gasteiger partial charge in [-0.15, -0.1) is 11.3 Å². The van der Waals surface area contributed by atoms with Crippen LogP contribution in [0.1, 0.15) is 34.6 Å². The molecule has 84 valence electrons. The molecule has 1 aliphatic carbocycles. The molecule has 0 aliphatic heterocycles. The van der Waals surface area contributed by atoms with Crippen molar-refractivity contribution in [2.24, 2.45) is 5.73 Å². The van der Waals surface area contributed by atoms with Crippen LogP contribution in [0.2, 0.25) is 0 Å². The minimum absolute atomic E-state index is 0.0962. The van der Waals surface area contributed by atoms with Gasteiger partial charge in [-0.05, 0) is 44.7 Å². The molecular formula is C12H20N2S. The molecule has 0 amide bonds. The van der Waals surface area contributed by atoms with Gasteiger partial charge in [-0.2, -0.15) is 0 Å². The second-order valence-electron chi connectivity index (χ2n) is 4.76. The third-order valence-electron chi connectivity index (χ3n) is 3.29. The van der Waals surface area contributed by atoms with Crippen molar-refractivity contribution in [1.29, 1.82) is 0 Å². The second-order valence-corrected chi connectivity index (χ2v) is 6.22. The van der Waals surface area contributed by atoms with Crippen LogP contribution in [0.4, 0.5) is 0 Å². The summed E-state index contributed by atoms with van der Waals surface area (Å²) >= 11 is 1.88. The van der Waals surface area contributed by atoms with E-state index in [0.717, 1.165) is 13.1 Å². The minimum atomic E-state index is 0.0962. The first kappa shape index (κ1) is 11.1. The van der Waals surface area contributed by atoms with E-state index in [-0.39, 0.29) is 5.54 Å². The molecule has 1 heterocycles. The van der Waals surface area contributed by atoms with Crippen molar-refractivity contribution in [2.75, 3.05) is 6.54 Å². The molecule has 0 unspecified atom stereocenters. The maximum atomic E-state index is 6.15. The highest BCUT2D eigenvalue weighted by molar-refractivity contribution is 7.12. The van der Waals surface area contributed by atoms with Gasteiger partial charge in [-0.3, -0.25) is 0 Å². The lowest BCUT2D eigenvalue weighted by molar-refractivity contribution is 0.239. The number of nitrogens with one attached hydrogen (secondary N) is 1. The third-order valence-corrected chi connectivity index (χ3v) is 4.29. The van der Waals surface area contributed by atoms with Crippen LogP contribution in [-0.4, -0.2) is 12.1 Å². The van der Waals surface area contributed by atoms with Gasteiger partial charge < -0.3 is 11.1 Å². The summed E-state index contributed by atoms with van der Waals surface area (Å²) in [4.78, 5) is 2.83. The Morgan fingerprint density at radius 2 is 2.20 bits per heavy atom.